The first kappa shape index (κ1) is 13.6. The van der Waals surface area contributed by atoms with Crippen LogP contribution in [0.5, 0.6) is 0 Å². The lowest BCUT2D eigenvalue weighted by Crippen LogP contribution is -2.08. The average Bonchev–Trinajstić information content (AvgIpc) is 2.88. The lowest BCUT2D eigenvalue weighted by Gasteiger charge is -2.06. The van der Waals surface area contributed by atoms with Gasteiger partial charge in [-0.1, -0.05) is 18.2 Å². The predicted octanol–water partition coefficient (Wildman–Crippen LogP) is 3.98. The third-order valence-electron chi connectivity index (χ3n) is 3.15. The molecule has 1 heterocycles. The van der Waals surface area contributed by atoms with Gasteiger partial charge in [0.05, 0.1) is 5.56 Å². The largest absolute Gasteiger partial charge is 0.457 e. The minimum atomic E-state index is -0.553. The SMILES string of the molecule is Nc1cc(F)ccc1C(=O)OCc1csc2ccccc12. The van der Waals surface area contributed by atoms with Gasteiger partial charge >= 0.3 is 5.97 Å². The molecule has 3 aromatic rings. The summed E-state index contributed by atoms with van der Waals surface area (Å²) in [5.74, 6) is -1.03. The molecule has 0 spiro atoms. The molecule has 0 atom stereocenters. The van der Waals surface area contributed by atoms with Crippen LogP contribution in [0.1, 0.15) is 15.9 Å². The molecule has 3 nitrogen and oxygen atoms in total. The number of carbonyl (C=O) groups is 1. The highest BCUT2D eigenvalue weighted by molar-refractivity contribution is 7.17. The number of carbonyl (C=O) groups excluding carboxylic acids is 1. The zero-order chi connectivity index (χ0) is 14.8. The Balaban J connectivity index is 1.77. The molecular formula is C16H12FNO2S. The van der Waals surface area contributed by atoms with Crippen LogP contribution in [0.2, 0.25) is 0 Å². The number of rotatable bonds is 3. The van der Waals surface area contributed by atoms with Gasteiger partial charge in [0.2, 0.25) is 0 Å². The first-order valence-corrected chi connectivity index (χ1v) is 7.20. The van der Waals surface area contributed by atoms with Gasteiger partial charge in [0.25, 0.3) is 0 Å². The Labute approximate surface area is 124 Å². The summed E-state index contributed by atoms with van der Waals surface area (Å²) in [6.07, 6.45) is 0. The maximum absolute atomic E-state index is 13.0. The molecule has 21 heavy (non-hydrogen) atoms. The van der Waals surface area contributed by atoms with Gasteiger partial charge < -0.3 is 10.5 Å². The van der Waals surface area contributed by atoms with Crippen LogP contribution in [0.3, 0.4) is 0 Å². The molecule has 0 saturated carbocycles. The minimum Gasteiger partial charge on any atom is -0.457 e. The summed E-state index contributed by atoms with van der Waals surface area (Å²) in [5, 5.41) is 3.04. The fourth-order valence-corrected chi connectivity index (χ4v) is 3.03. The van der Waals surface area contributed by atoms with Crippen molar-refractivity contribution in [2.24, 2.45) is 0 Å². The van der Waals surface area contributed by atoms with E-state index in [2.05, 4.69) is 0 Å². The number of esters is 1. The second-order valence-electron chi connectivity index (χ2n) is 4.56. The van der Waals surface area contributed by atoms with Crippen LogP contribution in [0.4, 0.5) is 10.1 Å². The van der Waals surface area contributed by atoms with E-state index in [1.165, 1.54) is 12.1 Å². The molecule has 1 aromatic heterocycles. The number of halogens is 1. The monoisotopic (exact) mass is 301 g/mol. The summed E-state index contributed by atoms with van der Waals surface area (Å²) >= 11 is 1.60. The van der Waals surface area contributed by atoms with Crippen molar-refractivity contribution in [2.45, 2.75) is 6.61 Å². The van der Waals surface area contributed by atoms with Crippen LogP contribution in [-0.2, 0) is 11.3 Å². The maximum atomic E-state index is 13.0. The Morgan fingerprint density at radius 2 is 2.05 bits per heavy atom. The van der Waals surface area contributed by atoms with Crippen molar-refractivity contribution in [1.82, 2.24) is 0 Å². The van der Waals surface area contributed by atoms with Crippen molar-refractivity contribution in [3.8, 4) is 0 Å². The molecule has 0 bridgehead atoms. The van der Waals surface area contributed by atoms with Crippen molar-refractivity contribution >= 4 is 33.1 Å². The lowest BCUT2D eigenvalue weighted by atomic mass is 10.1. The standard InChI is InChI=1S/C16H12FNO2S/c17-11-5-6-13(14(18)7-11)16(19)20-8-10-9-21-15-4-2-1-3-12(10)15/h1-7,9H,8,18H2. The molecule has 0 unspecified atom stereocenters. The zero-order valence-corrected chi connectivity index (χ0v) is 11.8. The molecule has 0 radical (unpaired) electrons. The normalized spacial score (nSPS) is 10.7. The van der Waals surface area contributed by atoms with Crippen LogP contribution in [0.25, 0.3) is 10.1 Å². The fourth-order valence-electron chi connectivity index (χ4n) is 2.09. The Hall–Kier alpha value is -2.40. The molecule has 2 aromatic carbocycles. The third-order valence-corrected chi connectivity index (χ3v) is 4.17. The summed E-state index contributed by atoms with van der Waals surface area (Å²) in [7, 11) is 0. The number of thiophene rings is 1. The molecular weight excluding hydrogens is 289 g/mol. The van der Waals surface area contributed by atoms with Crippen molar-refractivity contribution in [3.05, 3.63) is 64.8 Å². The van der Waals surface area contributed by atoms with Gasteiger partial charge in [0.1, 0.15) is 12.4 Å². The van der Waals surface area contributed by atoms with Gasteiger partial charge in [-0.15, -0.1) is 11.3 Å². The van der Waals surface area contributed by atoms with Crippen LogP contribution in [-0.4, -0.2) is 5.97 Å². The van der Waals surface area contributed by atoms with E-state index in [1.54, 1.807) is 11.3 Å². The second-order valence-corrected chi connectivity index (χ2v) is 5.48. The van der Waals surface area contributed by atoms with E-state index in [0.29, 0.717) is 0 Å². The number of hydrogen-bond acceptors (Lipinski definition) is 4. The summed E-state index contributed by atoms with van der Waals surface area (Å²) in [6.45, 7) is 0.166. The summed E-state index contributed by atoms with van der Waals surface area (Å²) in [5.41, 5.74) is 6.83. The van der Waals surface area contributed by atoms with Gasteiger partial charge in [0, 0.05) is 16.0 Å². The summed E-state index contributed by atoms with van der Waals surface area (Å²) < 4.78 is 19.4. The number of nitrogen functional groups attached to an aromatic ring is 1. The number of anilines is 1. The Kier molecular flexibility index (Phi) is 3.58. The third kappa shape index (κ3) is 2.73. The van der Waals surface area contributed by atoms with Gasteiger partial charge in [-0.2, -0.15) is 0 Å². The van der Waals surface area contributed by atoms with Crippen LogP contribution < -0.4 is 5.73 Å². The van der Waals surface area contributed by atoms with Crippen molar-refractivity contribution < 1.29 is 13.9 Å². The number of nitrogens with two attached hydrogens (primary N) is 1. The molecule has 0 fully saturated rings. The van der Waals surface area contributed by atoms with E-state index < -0.39 is 11.8 Å². The van der Waals surface area contributed by atoms with Gasteiger partial charge in [-0.05, 0) is 35.0 Å². The lowest BCUT2D eigenvalue weighted by molar-refractivity contribution is 0.0476. The second kappa shape index (κ2) is 5.54. The number of fused-ring (bicyclic) bond motifs is 1. The van der Waals surface area contributed by atoms with E-state index in [-0.39, 0.29) is 17.9 Å². The van der Waals surface area contributed by atoms with E-state index in [0.717, 1.165) is 21.7 Å². The molecule has 0 aliphatic rings. The van der Waals surface area contributed by atoms with Gasteiger partial charge in [-0.3, -0.25) is 0 Å². The molecule has 0 aliphatic carbocycles. The van der Waals surface area contributed by atoms with Crippen molar-refractivity contribution in [2.75, 3.05) is 5.73 Å². The summed E-state index contributed by atoms with van der Waals surface area (Å²) in [6, 6.07) is 11.5. The highest BCUT2D eigenvalue weighted by atomic mass is 32.1. The molecule has 2 N–H and O–H groups in total. The fraction of sp³-hybridized carbons (Fsp3) is 0.0625. The van der Waals surface area contributed by atoms with Crippen LogP contribution >= 0.6 is 11.3 Å². The number of hydrogen-bond donors (Lipinski definition) is 1. The van der Waals surface area contributed by atoms with E-state index in [9.17, 15) is 9.18 Å². The molecule has 5 heteroatoms. The quantitative estimate of drug-likeness (QED) is 0.588. The molecule has 106 valence electrons. The smallest absolute Gasteiger partial charge is 0.340 e. The molecule has 3 rings (SSSR count). The van der Waals surface area contributed by atoms with Crippen molar-refractivity contribution in [1.29, 1.82) is 0 Å². The van der Waals surface area contributed by atoms with Crippen LogP contribution in [0.15, 0.2) is 47.8 Å². The minimum absolute atomic E-state index is 0.0789. The van der Waals surface area contributed by atoms with Crippen molar-refractivity contribution in [3.63, 3.8) is 0 Å². The van der Waals surface area contributed by atoms with E-state index in [4.69, 9.17) is 10.5 Å². The van der Waals surface area contributed by atoms with Crippen LogP contribution in [0, 0.1) is 5.82 Å². The molecule has 0 saturated heterocycles. The molecule has 0 aliphatic heterocycles. The summed E-state index contributed by atoms with van der Waals surface area (Å²) in [4.78, 5) is 12.0. The average molecular weight is 301 g/mol. The Bertz CT molecular complexity index is 813. The highest BCUT2D eigenvalue weighted by Gasteiger charge is 2.13. The maximum Gasteiger partial charge on any atom is 0.340 e. The first-order valence-electron chi connectivity index (χ1n) is 6.32. The highest BCUT2D eigenvalue weighted by Crippen LogP contribution is 2.26. The van der Waals surface area contributed by atoms with E-state index in [1.807, 2.05) is 29.6 Å². The predicted molar refractivity (Wildman–Crippen MR) is 81.8 cm³/mol. The van der Waals surface area contributed by atoms with E-state index >= 15 is 0 Å². The van der Waals surface area contributed by atoms with Gasteiger partial charge in [-0.25, -0.2) is 9.18 Å². The number of benzene rings is 2. The Morgan fingerprint density at radius 3 is 2.86 bits per heavy atom. The molecule has 0 amide bonds. The Morgan fingerprint density at radius 1 is 1.24 bits per heavy atom. The van der Waals surface area contributed by atoms with Gasteiger partial charge in [0.15, 0.2) is 0 Å². The number of ether oxygens (including phenoxy) is 1. The first-order chi connectivity index (χ1) is 10.1. The zero-order valence-electron chi connectivity index (χ0n) is 11.0. The topological polar surface area (TPSA) is 52.3 Å².